The fraction of sp³-hybridized carbons (Fsp3) is 0.600. The molecular formula is C20H30N4O. The van der Waals surface area contributed by atoms with E-state index in [2.05, 4.69) is 49.3 Å². The molecule has 5 heteroatoms. The Bertz CT molecular complexity index is 658. The molecule has 0 aromatic heterocycles. The molecule has 1 saturated heterocycles. The van der Waals surface area contributed by atoms with E-state index in [4.69, 9.17) is 0 Å². The van der Waals surface area contributed by atoms with Crippen molar-refractivity contribution in [2.24, 2.45) is 0 Å². The highest BCUT2D eigenvalue weighted by Gasteiger charge is 2.38. The molecule has 25 heavy (non-hydrogen) atoms. The molecule has 0 radical (unpaired) electrons. The van der Waals surface area contributed by atoms with E-state index in [1.165, 1.54) is 5.56 Å². The third kappa shape index (κ3) is 4.20. The molecule has 0 aliphatic carbocycles. The molecule has 1 aliphatic heterocycles. The first-order valence-corrected chi connectivity index (χ1v) is 8.92. The van der Waals surface area contributed by atoms with Crippen LogP contribution in [0.5, 0.6) is 0 Å². The monoisotopic (exact) mass is 342 g/mol. The lowest BCUT2D eigenvalue weighted by Gasteiger charge is -2.40. The van der Waals surface area contributed by atoms with Gasteiger partial charge in [-0.05, 0) is 57.2 Å². The van der Waals surface area contributed by atoms with Crippen molar-refractivity contribution in [3.05, 3.63) is 34.4 Å². The summed E-state index contributed by atoms with van der Waals surface area (Å²) in [4.78, 5) is 12.9. The normalized spacial score (nSPS) is 18.6. The van der Waals surface area contributed by atoms with E-state index in [0.717, 1.165) is 29.8 Å². The number of nitrogens with zero attached hydrogens (tertiary/aromatic N) is 3. The van der Waals surface area contributed by atoms with E-state index in [9.17, 15) is 10.1 Å². The number of carbonyl (C=O) groups is 1. The van der Waals surface area contributed by atoms with E-state index in [1.54, 1.807) is 0 Å². The Morgan fingerprint density at radius 2 is 1.76 bits per heavy atom. The maximum absolute atomic E-state index is 12.9. The number of amides is 1. The summed E-state index contributed by atoms with van der Waals surface area (Å²) in [6.45, 7) is 9.65. The Labute approximate surface area is 151 Å². The van der Waals surface area contributed by atoms with Crippen LogP contribution < -0.4 is 5.32 Å². The van der Waals surface area contributed by atoms with Crippen LogP contribution in [0.1, 0.15) is 47.9 Å². The highest BCUT2D eigenvalue weighted by Crippen LogP contribution is 2.28. The Morgan fingerprint density at radius 3 is 2.20 bits per heavy atom. The van der Waals surface area contributed by atoms with Gasteiger partial charge in [0.1, 0.15) is 5.54 Å². The topological polar surface area (TPSA) is 59.4 Å². The zero-order valence-electron chi connectivity index (χ0n) is 16.3. The molecule has 1 aromatic rings. The Kier molecular flexibility index (Phi) is 5.87. The average Bonchev–Trinajstić information content (AvgIpc) is 2.54. The second kappa shape index (κ2) is 7.55. The number of aryl methyl sites for hydroxylation is 3. The fourth-order valence-corrected chi connectivity index (χ4v) is 3.89. The molecule has 136 valence electrons. The lowest BCUT2D eigenvalue weighted by atomic mass is 9.86. The van der Waals surface area contributed by atoms with Gasteiger partial charge in [-0.2, -0.15) is 5.26 Å². The van der Waals surface area contributed by atoms with Crippen molar-refractivity contribution in [3.63, 3.8) is 0 Å². The molecule has 1 heterocycles. The van der Waals surface area contributed by atoms with Crippen molar-refractivity contribution in [2.45, 2.75) is 52.0 Å². The molecule has 1 unspecified atom stereocenters. The standard InChI is InChI=1S/C20H30N4O/c1-14-11-15(2)18(16(3)12-14)17(4)19(25)22-20(13-21)7-9-24(10-8-20)23(5)6/h11-12,17H,7-10H2,1-6H3,(H,22,25). The van der Waals surface area contributed by atoms with Gasteiger partial charge >= 0.3 is 0 Å². The third-order valence-corrected chi connectivity index (χ3v) is 5.30. The van der Waals surface area contributed by atoms with Crippen LogP contribution in [0.2, 0.25) is 0 Å². The van der Waals surface area contributed by atoms with Crippen molar-refractivity contribution in [1.29, 1.82) is 5.26 Å². The van der Waals surface area contributed by atoms with Crippen molar-refractivity contribution in [1.82, 2.24) is 15.3 Å². The minimum absolute atomic E-state index is 0.0603. The maximum atomic E-state index is 12.9. The smallest absolute Gasteiger partial charge is 0.228 e. The van der Waals surface area contributed by atoms with Crippen LogP contribution in [0.25, 0.3) is 0 Å². The van der Waals surface area contributed by atoms with Gasteiger partial charge in [-0.25, -0.2) is 10.0 Å². The molecule has 0 spiro atoms. The summed E-state index contributed by atoms with van der Waals surface area (Å²) in [5.41, 5.74) is 3.78. The molecule has 0 bridgehead atoms. The van der Waals surface area contributed by atoms with Gasteiger partial charge in [-0.15, -0.1) is 0 Å². The number of hydrogen-bond donors (Lipinski definition) is 1. The van der Waals surface area contributed by atoms with E-state index in [1.807, 2.05) is 26.0 Å². The Balaban J connectivity index is 2.14. The minimum Gasteiger partial charge on any atom is -0.337 e. The fourth-order valence-electron chi connectivity index (χ4n) is 3.89. The number of carbonyl (C=O) groups excluding carboxylic acids is 1. The van der Waals surface area contributed by atoms with Gasteiger partial charge in [0, 0.05) is 27.2 Å². The number of rotatable bonds is 4. The molecule has 1 atom stereocenters. The number of hydrogen-bond acceptors (Lipinski definition) is 4. The number of hydrazine groups is 1. The number of nitrogens with one attached hydrogen (secondary N) is 1. The van der Waals surface area contributed by atoms with Crippen molar-refractivity contribution >= 4 is 5.91 Å². The molecule has 1 N–H and O–H groups in total. The largest absolute Gasteiger partial charge is 0.337 e. The van der Waals surface area contributed by atoms with Gasteiger partial charge in [0.25, 0.3) is 0 Å². The van der Waals surface area contributed by atoms with Gasteiger partial charge in [0.2, 0.25) is 5.91 Å². The zero-order chi connectivity index (χ0) is 18.8. The van der Waals surface area contributed by atoms with Crippen molar-refractivity contribution in [3.8, 4) is 6.07 Å². The van der Waals surface area contributed by atoms with Crippen LogP contribution in [0.4, 0.5) is 0 Å². The van der Waals surface area contributed by atoms with E-state index >= 15 is 0 Å². The molecule has 1 aliphatic rings. The SMILES string of the molecule is Cc1cc(C)c(C(C)C(=O)NC2(C#N)CCN(N(C)C)CC2)c(C)c1. The van der Waals surface area contributed by atoms with Gasteiger partial charge < -0.3 is 5.32 Å². The predicted octanol–water partition coefficient (Wildman–Crippen LogP) is 2.67. The van der Waals surface area contributed by atoms with Crippen LogP contribution in [-0.4, -0.2) is 48.6 Å². The average molecular weight is 342 g/mol. The summed E-state index contributed by atoms with van der Waals surface area (Å²) in [5.74, 6) is -0.326. The highest BCUT2D eigenvalue weighted by atomic mass is 16.2. The summed E-state index contributed by atoms with van der Waals surface area (Å²) in [6, 6.07) is 6.60. The lowest BCUT2D eigenvalue weighted by Crippen LogP contribution is -2.57. The maximum Gasteiger partial charge on any atom is 0.228 e. The van der Waals surface area contributed by atoms with Crippen molar-refractivity contribution < 1.29 is 4.79 Å². The number of nitriles is 1. The second-order valence-corrected chi connectivity index (χ2v) is 7.52. The van der Waals surface area contributed by atoms with Gasteiger partial charge in [-0.3, -0.25) is 4.79 Å². The summed E-state index contributed by atoms with van der Waals surface area (Å²) < 4.78 is 0. The first kappa shape index (κ1) is 19.4. The van der Waals surface area contributed by atoms with Crippen LogP contribution >= 0.6 is 0 Å². The molecule has 1 aromatic carbocycles. The first-order valence-electron chi connectivity index (χ1n) is 8.92. The van der Waals surface area contributed by atoms with Crippen LogP contribution in [0.15, 0.2) is 12.1 Å². The van der Waals surface area contributed by atoms with Crippen molar-refractivity contribution in [2.75, 3.05) is 27.2 Å². The molecule has 2 rings (SSSR count). The van der Waals surface area contributed by atoms with Gasteiger partial charge in [0.15, 0.2) is 0 Å². The molecule has 1 fully saturated rings. The third-order valence-electron chi connectivity index (χ3n) is 5.30. The summed E-state index contributed by atoms with van der Waals surface area (Å²) in [7, 11) is 4.01. The molecule has 0 saturated carbocycles. The predicted molar refractivity (Wildman–Crippen MR) is 100 cm³/mol. The number of piperidine rings is 1. The second-order valence-electron chi connectivity index (χ2n) is 7.52. The van der Waals surface area contributed by atoms with Gasteiger partial charge in [0.05, 0.1) is 12.0 Å². The Morgan fingerprint density at radius 1 is 1.24 bits per heavy atom. The lowest BCUT2D eigenvalue weighted by molar-refractivity contribution is -0.124. The van der Waals surface area contributed by atoms with Crippen LogP contribution in [0.3, 0.4) is 0 Å². The van der Waals surface area contributed by atoms with Crippen LogP contribution in [0, 0.1) is 32.1 Å². The highest BCUT2D eigenvalue weighted by molar-refractivity contribution is 5.85. The molecular weight excluding hydrogens is 312 g/mol. The zero-order valence-corrected chi connectivity index (χ0v) is 16.3. The van der Waals surface area contributed by atoms with E-state index < -0.39 is 5.54 Å². The Hall–Kier alpha value is -1.90. The van der Waals surface area contributed by atoms with Gasteiger partial charge in [-0.1, -0.05) is 17.7 Å². The molecule has 1 amide bonds. The van der Waals surface area contributed by atoms with E-state index in [-0.39, 0.29) is 11.8 Å². The minimum atomic E-state index is -0.760. The summed E-state index contributed by atoms with van der Waals surface area (Å²) in [6.07, 6.45) is 1.29. The van der Waals surface area contributed by atoms with E-state index in [0.29, 0.717) is 12.8 Å². The first-order chi connectivity index (χ1) is 11.7. The number of benzene rings is 1. The quantitative estimate of drug-likeness (QED) is 0.914. The summed E-state index contributed by atoms with van der Waals surface area (Å²) in [5, 5.41) is 17.0. The molecule has 5 nitrogen and oxygen atoms in total. The van der Waals surface area contributed by atoms with Crippen LogP contribution in [-0.2, 0) is 4.79 Å². The summed E-state index contributed by atoms with van der Waals surface area (Å²) >= 11 is 0.